The largest absolute Gasteiger partial charge is 0.665 e. The van der Waals surface area contributed by atoms with E-state index in [1.807, 2.05) is 7.05 Å². The van der Waals surface area contributed by atoms with E-state index in [9.17, 15) is 4.21 Å². The lowest BCUT2D eigenvalue weighted by atomic mass is 10.1. The molecule has 2 atom stereocenters. The van der Waals surface area contributed by atoms with Crippen molar-refractivity contribution in [3.63, 3.8) is 0 Å². The Morgan fingerprint density at radius 1 is 1.70 bits per heavy atom. The Hall–Kier alpha value is 0.110. The van der Waals surface area contributed by atoms with Crippen LogP contribution in [0, 0.1) is 5.92 Å². The van der Waals surface area contributed by atoms with Crippen LogP contribution >= 0.6 is 0 Å². The van der Waals surface area contributed by atoms with Crippen molar-refractivity contribution >= 4 is 10.8 Å². The summed E-state index contributed by atoms with van der Waals surface area (Å²) < 4.78 is 11.0. The van der Waals surface area contributed by atoms with Gasteiger partial charge in [0.05, 0.1) is 0 Å². The number of nitrogens with zero attached hydrogens (tertiary/aromatic N) is 1. The Morgan fingerprint density at radius 3 is 3.10 bits per heavy atom. The third-order valence-electron chi connectivity index (χ3n) is 1.85. The van der Waals surface area contributed by atoms with Crippen molar-refractivity contribution in [2.45, 2.75) is 12.8 Å². The van der Waals surface area contributed by atoms with E-state index in [4.69, 9.17) is 0 Å². The highest BCUT2D eigenvalue weighted by Gasteiger charge is 2.14. The minimum atomic E-state index is -0.532. The van der Waals surface area contributed by atoms with Gasteiger partial charge in [0.2, 0.25) is 0 Å². The first-order valence-corrected chi connectivity index (χ1v) is 5.22. The lowest BCUT2D eigenvalue weighted by molar-refractivity contribution is 0.537. The molecule has 3 heteroatoms. The highest BCUT2D eigenvalue weighted by atomic mass is 32.2. The standard InChI is InChI=1S/C7H14NOS/c1-8-5-7-3-2-4-10(9)6-7/h7H,2-6H2,1H3/q-1. The molecule has 1 aliphatic rings. The Morgan fingerprint density at radius 2 is 2.50 bits per heavy atom. The first-order chi connectivity index (χ1) is 4.83. The monoisotopic (exact) mass is 160 g/mol. The van der Waals surface area contributed by atoms with Crippen molar-refractivity contribution in [2.75, 3.05) is 25.1 Å². The van der Waals surface area contributed by atoms with Crippen LogP contribution < -0.4 is 0 Å². The molecule has 0 aromatic carbocycles. The molecule has 0 aliphatic carbocycles. The number of hydrogen-bond donors (Lipinski definition) is 0. The summed E-state index contributed by atoms with van der Waals surface area (Å²) in [7, 11) is 1.30. The zero-order chi connectivity index (χ0) is 7.40. The minimum absolute atomic E-state index is 0.532. The quantitative estimate of drug-likeness (QED) is 0.596. The average molecular weight is 160 g/mol. The Bertz CT molecular complexity index is 125. The lowest BCUT2D eigenvalue weighted by Crippen LogP contribution is -2.22. The summed E-state index contributed by atoms with van der Waals surface area (Å²) in [6, 6.07) is 0. The van der Waals surface area contributed by atoms with Crippen molar-refractivity contribution in [1.82, 2.24) is 0 Å². The molecule has 0 amide bonds. The first kappa shape index (κ1) is 8.21. The molecule has 1 fully saturated rings. The van der Waals surface area contributed by atoms with Crippen molar-refractivity contribution in [1.29, 1.82) is 0 Å². The predicted molar refractivity (Wildman–Crippen MR) is 44.8 cm³/mol. The van der Waals surface area contributed by atoms with Crippen LogP contribution in [0.15, 0.2) is 0 Å². The van der Waals surface area contributed by atoms with E-state index >= 15 is 0 Å². The van der Waals surface area contributed by atoms with E-state index in [-0.39, 0.29) is 0 Å². The van der Waals surface area contributed by atoms with Gasteiger partial charge in [-0.05, 0) is 12.3 Å². The molecule has 0 radical (unpaired) electrons. The molecule has 0 N–H and O–H groups in total. The van der Waals surface area contributed by atoms with Gasteiger partial charge in [-0.3, -0.25) is 4.21 Å². The maximum absolute atomic E-state index is 11.0. The van der Waals surface area contributed by atoms with E-state index in [1.54, 1.807) is 0 Å². The van der Waals surface area contributed by atoms with Gasteiger partial charge >= 0.3 is 0 Å². The molecule has 1 aliphatic heterocycles. The van der Waals surface area contributed by atoms with Crippen molar-refractivity contribution < 1.29 is 4.21 Å². The van der Waals surface area contributed by atoms with Crippen LogP contribution in [0.2, 0.25) is 0 Å². The molecule has 0 saturated carbocycles. The van der Waals surface area contributed by atoms with Crippen LogP contribution in [-0.4, -0.2) is 29.3 Å². The SMILES string of the molecule is C[N-]CC1CCCS(=O)C1. The fourth-order valence-electron chi connectivity index (χ4n) is 1.36. The van der Waals surface area contributed by atoms with Gasteiger partial charge in [0, 0.05) is 22.3 Å². The number of rotatable bonds is 2. The van der Waals surface area contributed by atoms with Gasteiger partial charge in [-0.2, -0.15) is 7.05 Å². The molecule has 1 rings (SSSR count). The lowest BCUT2D eigenvalue weighted by Gasteiger charge is -2.26. The van der Waals surface area contributed by atoms with Gasteiger partial charge in [-0.25, -0.2) is 0 Å². The van der Waals surface area contributed by atoms with Gasteiger partial charge in [-0.1, -0.05) is 6.42 Å². The van der Waals surface area contributed by atoms with E-state index in [0.717, 1.165) is 24.5 Å². The summed E-state index contributed by atoms with van der Waals surface area (Å²) in [5.74, 6) is 2.41. The molecule has 1 heterocycles. The Labute approximate surface area is 64.8 Å². The number of hydrogen-bond acceptors (Lipinski definition) is 1. The maximum atomic E-state index is 11.0. The first-order valence-electron chi connectivity index (χ1n) is 3.73. The van der Waals surface area contributed by atoms with Gasteiger partial charge in [0.1, 0.15) is 0 Å². The molecule has 2 unspecified atom stereocenters. The second-order valence-corrected chi connectivity index (χ2v) is 4.44. The highest BCUT2D eigenvalue weighted by molar-refractivity contribution is 7.85. The molecule has 0 aromatic rings. The van der Waals surface area contributed by atoms with Gasteiger partial charge in [-0.15, -0.1) is 6.54 Å². The minimum Gasteiger partial charge on any atom is -0.665 e. The molecule has 2 nitrogen and oxygen atoms in total. The normalized spacial score (nSPS) is 34.1. The zero-order valence-electron chi connectivity index (χ0n) is 6.38. The second kappa shape index (κ2) is 4.09. The summed E-state index contributed by atoms with van der Waals surface area (Å²) in [6.07, 6.45) is 2.36. The van der Waals surface area contributed by atoms with Crippen molar-refractivity contribution in [3.05, 3.63) is 5.32 Å². The summed E-state index contributed by atoms with van der Waals surface area (Å²) in [6.45, 7) is 0.908. The third-order valence-corrected chi connectivity index (χ3v) is 3.43. The second-order valence-electron chi connectivity index (χ2n) is 2.82. The third kappa shape index (κ3) is 2.39. The average Bonchev–Trinajstić information content (AvgIpc) is 1.88. The molecule has 0 bridgehead atoms. The molecule has 0 aromatic heterocycles. The molecule has 10 heavy (non-hydrogen) atoms. The van der Waals surface area contributed by atoms with Crippen molar-refractivity contribution in [3.8, 4) is 0 Å². The van der Waals surface area contributed by atoms with Gasteiger partial charge < -0.3 is 5.32 Å². The Kier molecular flexibility index (Phi) is 3.35. The summed E-state index contributed by atoms with van der Waals surface area (Å²) in [5, 5.41) is 4.06. The Balaban J connectivity index is 2.25. The molecule has 60 valence electrons. The summed E-state index contributed by atoms with van der Waals surface area (Å²) in [5.41, 5.74) is 0. The smallest absolute Gasteiger partial charge is 0.0246 e. The van der Waals surface area contributed by atoms with Crippen LogP contribution in [0.25, 0.3) is 5.32 Å². The van der Waals surface area contributed by atoms with E-state index in [0.29, 0.717) is 5.92 Å². The summed E-state index contributed by atoms with van der Waals surface area (Å²) >= 11 is 0. The molecular weight excluding hydrogens is 146 g/mol. The van der Waals surface area contributed by atoms with Gasteiger partial charge in [0.25, 0.3) is 0 Å². The van der Waals surface area contributed by atoms with Crippen LogP contribution in [0.1, 0.15) is 12.8 Å². The molecule has 0 spiro atoms. The zero-order valence-corrected chi connectivity index (χ0v) is 7.19. The predicted octanol–water partition coefficient (Wildman–Crippen LogP) is 1.15. The topological polar surface area (TPSA) is 31.2 Å². The van der Waals surface area contributed by atoms with Crippen LogP contribution in [0.3, 0.4) is 0 Å². The molecule has 1 saturated heterocycles. The van der Waals surface area contributed by atoms with Crippen LogP contribution in [0.4, 0.5) is 0 Å². The van der Waals surface area contributed by atoms with Crippen molar-refractivity contribution in [2.24, 2.45) is 5.92 Å². The summed E-state index contributed by atoms with van der Waals surface area (Å²) in [4.78, 5) is 0. The highest BCUT2D eigenvalue weighted by Crippen LogP contribution is 2.16. The van der Waals surface area contributed by atoms with E-state index in [2.05, 4.69) is 5.32 Å². The fourth-order valence-corrected chi connectivity index (χ4v) is 2.82. The van der Waals surface area contributed by atoms with Crippen LogP contribution in [0.5, 0.6) is 0 Å². The van der Waals surface area contributed by atoms with E-state index in [1.165, 1.54) is 6.42 Å². The fraction of sp³-hybridized carbons (Fsp3) is 1.00. The van der Waals surface area contributed by atoms with E-state index < -0.39 is 10.8 Å². The van der Waals surface area contributed by atoms with Gasteiger partial charge in [0.15, 0.2) is 0 Å². The van der Waals surface area contributed by atoms with Crippen LogP contribution in [-0.2, 0) is 10.8 Å². The molecular formula is C7H14NOS-. The maximum Gasteiger partial charge on any atom is 0.0246 e.